The zero-order chi connectivity index (χ0) is 5.86. The van der Waals surface area contributed by atoms with Crippen LogP contribution in [0.2, 0.25) is 0 Å². The molecule has 0 aliphatic carbocycles. The van der Waals surface area contributed by atoms with Crippen molar-refractivity contribution >= 4 is 26.2 Å². The van der Waals surface area contributed by atoms with Crippen LogP contribution in [-0.4, -0.2) is 42.3 Å². The Hall–Kier alpha value is 0.542. The third-order valence-corrected chi connectivity index (χ3v) is 0.394. The molecule has 0 heterocycles. The Labute approximate surface area is 61.4 Å². The van der Waals surface area contributed by atoms with E-state index in [1.165, 1.54) is 0 Å². The van der Waals surface area contributed by atoms with Gasteiger partial charge in [-0.3, -0.25) is 0 Å². The summed E-state index contributed by atoms with van der Waals surface area (Å²) in [6, 6.07) is 0. The summed E-state index contributed by atoms with van der Waals surface area (Å²) in [4.78, 5) is 0. The van der Waals surface area contributed by atoms with Crippen LogP contribution >= 0.6 is 0 Å². The number of hydrogen-bond donors (Lipinski definition) is 2. The van der Waals surface area contributed by atoms with E-state index in [2.05, 4.69) is 4.65 Å². The Morgan fingerprint density at radius 2 is 1.75 bits per heavy atom. The Morgan fingerprint density at radius 3 is 1.75 bits per heavy atom. The summed E-state index contributed by atoms with van der Waals surface area (Å²) in [7, 11) is -1.63. The van der Waals surface area contributed by atoms with Crippen molar-refractivity contribution in [1.82, 2.24) is 0 Å². The Balaban J connectivity index is 0. The molecule has 0 radical (unpaired) electrons. The van der Waals surface area contributed by atoms with Crippen LogP contribution in [0.15, 0.2) is 0 Å². The molecule has 0 amide bonds. The molecule has 0 atom stereocenters. The van der Waals surface area contributed by atoms with Gasteiger partial charge in [0.05, 0.1) is 0 Å². The second-order valence-electron chi connectivity index (χ2n) is 1.51. The van der Waals surface area contributed by atoms with Gasteiger partial charge < -0.3 is 14.7 Å². The van der Waals surface area contributed by atoms with Gasteiger partial charge in [0.25, 0.3) is 0 Å². The maximum atomic E-state index is 8.06. The quantitative estimate of drug-likeness (QED) is 0.438. The average molecular weight is 112 g/mol. The van der Waals surface area contributed by atoms with Gasteiger partial charge in [-0.2, -0.15) is 0 Å². The van der Waals surface area contributed by atoms with Crippen LogP contribution in [0.5, 0.6) is 0 Å². The molecule has 0 aromatic carbocycles. The van der Waals surface area contributed by atoms with E-state index < -0.39 is 7.32 Å². The fourth-order valence-corrected chi connectivity index (χ4v) is 0.243. The molecule has 0 bridgehead atoms. The number of hydrogen-bond acceptors (Lipinski definition) is 3. The molecular weight excluding hydrogens is 102 g/mol. The summed E-state index contributed by atoms with van der Waals surface area (Å²) in [5, 5.41) is 16.1. The summed E-state index contributed by atoms with van der Waals surface area (Å²) in [6.07, 6.45) is -0.125. The SMILES string of the molecule is CC(C)OB(O)O.[LiH]. The molecule has 0 spiro atoms. The van der Waals surface area contributed by atoms with Crippen molar-refractivity contribution in [3.05, 3.63) is 0 Å². The molecule has 0 saturated carbocycles. The normalized spacial score (nSPS) is 8.62. The first kappa shape index (κ1) is 11.4. The summed E-state index contributed by atoms with van der Waals surface area (Å²) in [5.74, 6) is 0. The van der Waals surface area contributed by atoms with E-state index >= 15 is 0 Å². The first-order valence-corrected chi connectivity index (χ1v) is 2.14. The van der Waals surface area contributed by atoms with E-state index in [0.29, 0.717) is 0 Å². The van der Waals surface area contributed by atoms with Crippen LogP contribution in [0.4, 0.5) is 0 Å². The predicted molar refractivity (Wildman–Crippen MR) is 33.6 cm³/mol. The molecule has 0 rings (SSSR count). The second-order valence-corrected chi connectivity index (χ2v) is 1.51. The zero-order valence-corrected chi connectivity index (χ0v) is 4.46. The van der Waals surface area contributed by atoms with E-state index in [0.717, 1.165) is 0 Å². The molecule has 8 heavy (non-hydrogen) atoms. The van der Waals surface area contributed by atoms with Crippen LogP contribution in [0.25, 0.3) is 0 Å². The molecule has 0 saturated heterocycles. The molecule has 3 nitrogen and oxygen atoms in total. The van der Waals surface area contributed by atoms with Crippen LogP contribution in [-0.2, 0) is 4.65 Å². The van der Waals surface area contributed by atoms with Gasteiger partial charge in [-0.05, 0) is 13.8 Å². The fraction of sp³-hybridized carbons (Fsp3) is 1.00. The summed E-state index contributed by atoms with van der Waals surface area (Å²) >= 11 is 0. The van der Waals surface area contributed by atoms with Gasteiger partial charge in [0.2, 0.25) is 0 Å². The van der Waals surface area contributed by atoms with Crippen LogP contribution in [0.1, 0.15) is 13.8 Å². The molecular formula is C3H10BLiO3. The average Bonchev–Trinajstić information content (AvgIpc) is 1.27. The Morgan fingerprint density at radius 1 is 1.38 bits per heavy atom. The standard InChI is InChI=1S/C3H9BO3.Li.H/c1-3(2)7-4(5)6;;/h3,5-6H,1-2H3;;. The van der Waals surface area contributed by atoms with E-state index in [-0.39, 0.29) is 25.0 Å². The molecule has 0 aromatic heterocycles. The minimum absolute atomic E-state index is 0. The summed E-state index contributed by atoms with van der Waals surface area (Å²) < 4.78 is 4.36. The van der Waals surface area contributed by atoms with Crippen molar-refractivity contribution in [3.8, 4) is 0 Å². The van der Waals surface area contributed by atoms with Crippen molar-refractivity contribution in [2.24, 2.45) is 0 Å². The molecule has 5 heteroatoms. The molecule has 0 aromatic rings. The third kappa shape index (κ3) is 9.74. The topological polar surface area (TPSA) is 49.7 Å². The van der Waals surface area contributed by atoms with Crippen molar-refractivity contribution < 1.29 is 14.7 Å². The van der Waals surface area contributed by atoms with Gasteiger partial charge in [-0.1, -0.05) is 0 Å². The van der Waals surface area contributed by atoms with Gasteiger partial charge >= 0.3 is 26.2 Å². The first-order chi connectivity index (χ1) is 3.13. The van der Waals surface area contributed by atoms with Crippen molar-refractivity contribution in [2.75, 3.05) is 0 Å². The van der Waals surface area contributed by atoms with E-state index in [9.17, 15) is 0 Å². The number of rotatable bonds is 2. The zero-order valence-electron chi connectivity index (χ0n) is 4.46. The van der Waals surface area contributed by atoms with Gasteiger partial charge in [0, 0.05) is 6.10 Å². The van der Waals surface area contributed by atoms with Crippen molar-refractivity contribution in [2.45, 2.75) is 20.0 Å². The predicted octanol–water partition coefficient (Wildman–Crippen LogP) is -1.27. The van der Waals surface area contributed by atoms with Crippen LogP contribution in [0.3, 0.4) is 0 Å². The summed E-state index contributed by atoms with van der Waals surface area (Å²) in [5.41, 5.74) is 0. The minimum atomic E-state index is -1.63. The van der Waals surface area contributed by atoms with Crippen LogP contribution in [0, 0.1) is 0 Å². The third-order valence-electron chi connectivity index (χ3n) is 0.394. The second kappa shape index (κ2) is 5.67. The van der Waals surface area contributed by atoms with Gasteiger partial charge in [0.15, 0.2) is 0 Å². The fourth-order valence-electron chi connectivity index (χ4n) is 0.243. The molecule has 0 aliphatic rings. The van der Waals surface area contributed by atoms with Crippen molar-refractivity contribution in [3.63, 3.8) is 0 Å². The van der Waals surface area contributed by atoms with E-state index in [1.807, 2.05) is 0 Å². The van der Waals surface area contributed by atoms with E-state index in [1.54, 1.807) is 13.8 Å². The molecule has 0 unspecified atom stereocenters. The van der Waals surface area contributed by atoms with Crippen molar-refractivity contribution in [1.29, 1.82) is 0 Å². The monoisotopic (exact) mass is 112 g/mol. The molecule has 0 fully saturated rings. The van der Waals surface area contributed by atoms with E-state index in [4.69, 9.17) is 10.0 Å². The molecule has 0 aliphatic heterocycles. The molecule has 2 N–H and O–H groups in total. The molecule has 44 valence electrons. The van der Waals surface area contributed by atoms with Gasteiger partial charge in [0.1, 0.15) is 0 Å². The van der Waals surface area contributed by atoms with Gasteiger partial charge in [-0.15, -0.1) is 0 Å². The Bertz CT molecular complexity index is 43.8. The first-order valence-electron chi connectivity index (χ1n) is 2.14. The summed E-state index contributed by atoms with van der Waals surface area (Å²) in [6.45, 7) is 3.44. The van der Waals surface area contributed by atoms with Gasteiger partial charge in [-0.25, -0.2) is 0 Å². The Kier molecular flexibility index (Phi) is 8.05. The van der Waals surface area contributed by atoms with Crippen LogP contribution < -0.4 is 0 Å². The maximum absolute atomic E-state index is 8.06.